The number of nitrogens with zero attached hydrogens (tertiary/aromatic N) is 1. The maximum Gasteiger partial charge on any atom is 0.321 e. The number of oxazole rings is 1. The monoisotopic (exact) mass is 697 g/mol. The average Bonchev–Trinajstić information content (AvgIpc) is 3.58. The maximum atomic E-state index is 13.2. The number of Topliss-reactive ketones (excluding diaryl/α,β-unsaturated/α-hetero) is 1. The first-order chi connectivity index (χ1) is 23.5. The highest BCUT2D eigenvalue weighted by Crippen LogP contribution is 2.59. The molecule has 2 heterocycles. The Labute approximate surface area is 295 Å². The zero-order chi connectivity index (χ0) is 37.4. The van der Waals surface area contributed by atoms with Crippen molar-refractivity contribution in [3.05, 3.63) is 78.1 Å². The molecule has 2 aliphatic rings. The largest absolute Gasteiger partial charge is 0.461 e. The number of hydrogen-bond donors (Lipinski definition) is 5. The van der Waals surface area contributed by atoms with E-state index in [9.17, 15) is 29.7 Å². The number of ether oxygens (including phenoxy) is 2. The summed E-state index contributed by atoms with van der Waals surface area (Å²) in [5.41, 5.74) is -3.80. The SMILES string of the molecule is CNC1C(=O)C(C)C(O)(C(CC(C)C(O)/C=C/C=C/CNC(=O)C(C)(C)C(O)/C(C)=C/C=C/C=C/Cc2cnc(C)o2)OC)C12C(=O)OC2C. The van der Waals surface area contributed by atoms with Gasteiger partial charge in [0.1, 0.15) is 17.5 Å². The fraction of sp³-hybridized carbons (Fsp3) is 0.579. The van der Waals surface area contributed by atoms with Crippen molar-refractivity contribution in [2.24, 2.45) is 22.7 Å². The molecule has 1 saturated carbocycles. The zero-order valence-electron chi connectivity index (χ0n) is 30.7. The van der Waals surface area contributed by atoms with Gasteiger partial charge in [-0.2, -0.15) is 0 Å². The van der Waals surface area contributed by atoms with Crippen molar-refractivity contribution in [2.75, 3.05) is 20.7 Å². The molecule has 1 amide bonds. The van der Waals surface area contributed by atoms with Gasteiger partial charge in [0, 0.05) is 32.9 Å². The van der Waals surface area contributed by atoms with E-state index in [1.807, 2.05) is 18.2 Å². The first kappa shape index (κ1) is 40.7. The van der Waals surface area contributed by atoms with Gasteiger partial charge in [-0.05, 0) is 52.7 Å². The number of allylic oxidation sites excluding steroid dienone is 7. The van der Waals surface area contributed by atoms with Crippen LogP contribution < -0.4 is 10.6 Å². The Morgan fingerprint density at radius 1 is 1.14 bits per heavy atom. The number of nitrogens with one attached hydrogen (secondary N) is 2. The first-order valence-corrected chi connectivity index (χ1v) is 17.1. The number of hydrogen-bond acceptors (Lipinski definition) is 11. The number of aromatic nitrogens is 1. The normalized spacial score (nSPS) is 28.6. The van der Waals surface area contributed by atoms with Crippen LogP contribution in [0.5, 0.6) is 0 Å². The number of methoxy groups -OCH3 is 1. The third-order valence-electron chi connectivity index (χ3n) is 10.3. The molecular weight excluding hydrogens is 642 g/mol. The van der Waals surface area contributed by atoms with E-state index in [0.29, 0.717) is 17.9 Å². The molecule has 1 spiro atoms. The second-order valence-corrected chi connectivity index (χ2v) is 13.9. The van der Waals surface area contributed by atoms with Gasteiger partial charge in [-0.25, -0.2) is 4.98 Å². The van der Waals surface area contributed by atoms with Crippen molar-refractivity contribution >= 4 is 17.7 Å². The third-order valence-corrected chi connectivity index (χ3v) is 10.3. The van der Waals surface area contributed by atoms with Crippen LogP contribution in [-0.2, 0) is 30.3 Å². The summed E-state index contributed by atoms with van der Waals surface area (Å²) >= 11 is 0. The van der Waals surface area contributed by atoms with Gasteiger partial charge in [-0.3, -0.25) is 14.4 Å². The number of aryl methyl sites for hydroxylation is 1. The minimum absolute atomic E-state index is 0.162. The molecule has 0 aromatic carbocycles. The maximum absolute atomic E-state index is 13.2. The Morgan fingerprint density at radius 3 is 2.40 bits per heavy atom. The van der Waals surface area contributed by atoms with Crippen LogP contribution in [0.25, 0.3) is 0 Å². The molecule has 12 nitrogen and oxygen atoms in total. The van der Waals surface area contributed by atoms with Crippen molar-refractivity contribution in [1.82, 2.24) is 15.6 Å². The molecule has 50 heavy (non-hydrogen) atoms. The topological polar surface area (TPSA) is 180 Å². The predicted molar refractivity (Wildman–Crippen MR) is 189 cm³/mol. The molecule has 1 aromatic heterocycles. The quantitative estimate of drug-likeness (QED) is 0.119. The molecule has 12 heteroatoms. The minimum atomic E-state index is -1.85. The fourth-order valence-electron chi connectivity index (χ4n) is 7.14. The summed E-state index contributed by atoms with van der Waals surface area (Å²) < 4.78 is 16.4. The highest BCUT2D eigenvalue weighted by Gasteiger charge is 2.81. The molecule has 0 bridgehead atoms. The molecule has 1 aliphatic carbocycles. The van der Waals surface area contributed by atoms with Crippen LogP contribution >= 0.6 is 0 Å². The molecule has 1 saturated heterocycles. The number of cyclic esters (lactones) is 1. The average molecular weight is 698 g/mol. The first-order valence-electron chi connectivity index (χ1n) is 17.1. The molecule has 9 unspecified atom stereocenters. The second-order valence-electron chi connectivity index (χ2n) is 13.9. The summed E-state index contributed by atoms with van der Waals surface area (Å²) in [6.07, 6.45) is 14.7. The van der Waals surface area contributed by atoms with Gasteiger partial charge < -0.3 is 39.8 Å². The Balaban J connectivity index is 1.51. The van der Waals surface area contributed by atoms with Gasteiger partial charge in [0.25, 0.3) is 0 Å². The Bertz CT molecular complexity index is 1510. The number of ketones is 1. The summed E-state index contributed by atoms with van der Waals surface area (Å²) in [7, 11) is 2.99. The molecule has 1 aromatic rings. The van der Waals surface area contributed by atoms with Crippen molar-refractivity contribution in [3.8, 4) is 0 Å². The third kappa shape index (κ3) is 7.94. The van der Waals surface area contributed by atoms with E-state index in [1.165, 1.54) is 7.11 Å². The summed E-state index contributed by atoms with van der Waals surface area (Å²) in [6, 6.07) is -0.923. The van der Waals surface area contributed by atoms with E-state index in [4.69, 9.17) is 13.9 Å². The van der Waals surface area contributed by atoms with Crippen LogP contribution in [0, 0.1) is 29.6 Å². The molecule has 276 valence electrons. The molecule has 5 N–H and O–H groups in total. The molecule has 2 fully saturated rings. The van der Waals surface area contributed by atoms with E-state index >= 15 is 0 Å². The lowest BCUT2D eigenvalue weighted by molar-refractivity contribution is -0.268. The van der Waals surface area contributed by atoms with Crippen LogP contribution in [0.15, 0.2) is 70.9 Å². The van der Waals surface area contributed by atoms with E-state index in [0.717, 1.165) is 5.76 Å². The number of aliphatic hydroxyl groups is 3. The Hall–Kier alpha value is -3.68. The van der Waals surface area contributed by atoms with Gasteiger partial charge >= 0.3 is 5.97 Å². The van der Waals surface area contributed by atoms with Gasteiger partial charge in [0.2, 0.25) is 5.91 Å². The van der Waals surface area contributed by atoms with Crippen LogP contribution in [0.2, 0.25) is 0 Å². The number of amides is 1. The highest BCUT2D eigenvalue weighted by atomic mass is 16.6. The number of rotatable bonds is 17. The van der Waals surface area contributed by atoms with Gasteiger partial charge in [0.15, 0.2) is 17.1 Å². The number of esters is 1. The molecule has 3 rings (SSSR count). The lowest BCUT2D eigenvalue weighted by Crippen LogP contribution is -2.75. The van der Waals surface area contributed by atoms with Crippen molar-refractivity contribution < 1.29 is 43.6 Å². The van der Waals surface area contributed by atoms with Gasteiger partial charge in [-0.1, -0.05) is 68.5 Å². The summed E-state index contributed by atoms with van der Waals surface area (Å²) in [5.74, 6) is -1.18. The van der Waals surface area contributed by atoms with Crippen LogP contribution in [-0.4, -0.2) is 94.7 Å². The van der Waals surface area contributed by atoms with Gasteiger partial charge in [0.05, 0.1) is 36.0 Å². The van der Waals surface area contributed by atoms with Gasteiger partial charge in [-0.15, -0.1) is 0 Å². The zero-order valence-corrected chi connectivity index (χ0v) is 30.7. The fourth-order valence-corrected chi connectivity index (χ4v) is 7.14. The van der Waals surface area contributed by atoms with Crippen LogP contribution in [0.3, 0.4) is 0 Å². The lowest BCUT2D eigenvalue weighted by Gasteiger charge is -2.55. The molecular formula is C38H55N3O9. The smallest absolute Gasteiger partial charge is 0.321 e. The lowest BCUT2D eigenvalue weighted by atomic mass is 9.60. The molecule has 1 aliphatic heterocycles. The second kappa shape index (κ2) is 17.0. The van der Waals surface area contributed by atoms with Crippen molar-refractivity contribution in [1.29, 1.82) is 0 Å². The van der Waals surface area contributed by atoms with Crippen LogP contribution in [0.4, 0.5) is 0 Å². The van der Waals surface area contributed by atoms with Crippen molar-refractivity contribution in [2.45, 2.75) is 97.4 Å². The Kier molecular flexibility index (Phi) is 13.9. The summed E-state index contributed by atoms with van der Waals surface area (Å²) in [6.45, 7) is 12.2. The predicted octanol–water partition coefficient (Wildman–Crippen LogP) is 3.07. The van der Waals surface area contributed by atoms with E-state index in [-0.39, 0.29) is 24.7 Å². The standard InChI is InChI=1S/C38H55N3O9/c1-23(17-13-10-11-14-18-28-22-41-27(5)50-28)33(44)36(6,7)34(45)40-20-16-12-15-19-29(42)24(2)21-30(48-9)38(47)25(3)31(43)32(39-8)37(38)26(4)49-35(37)46/h10-17,19,22,24-26,29-30,32-33,39,42,44,47H,18,20-21H2,1-9H3,(H,40,45)/b13-10+,14-11+,16-12+,19-15+,23-17+. The summed E-state index contributed by atoms with van der Waals surface area (Å²) in [5, 5.41) is 39.6. The minimum Gasteiger partial charge on any atom is -0.461 e. The molecule has 9 atom stereocenters. The molecule has 0 radical (unpaired) electrons. The van der Waals surface area contributed by atoms with Crippen LogP contribution in [0.1, 0.15) is 59.6 Å². The van der Waals surface area contributed by atoms with E-state index in [1.54, 1.807) is 98.2 Å². The number of aliphatic hydroxyl groups excluding tert-OH is 2. The van der Waals surface area contributed by atoms with Crippen molar-refractivity contribution in [3.63, 3.8) is 0 Å². The highest BCUT2D eigenvalue weighted by molar-refractivity contribution is 6.02. The van der Waals surface area contributed by atoms with E-state index in [2.05, 4.69) is 15.6 Å². The Morgan fingerprint density at radius 2 is 1.82 bits per heavy atom. The number of likely N-dealkylation sites (N-methyl/N-ethyl adjacent to an activating group) is 1. The number of carbonyl (C=O) groups is 3. The van der Waals surface area contributed by atoms with E-state index < -0.39 is 64.7 Å². The number of carbonyl (C=O) groups excluding carboxylic acids is 3. The summed E-state index contributed by atoms with van der Waals surface area (Å²) in [4.78, 5) is 43.1.